The van der Waals surface area contributed by atoms with Gasteiger partial charge in [-0.2, -0.15) is 5.10 Å². The number of piperidine rings is 1. The normalized spacial score (nSPS) is 14.7. The first-order chi connectivity index (χ1) is 14.1. The maximum atomic E-state index is 12.8. The number of carbonyl (C=O) groups is 2. The molecule has 29 heavy (non-hydrogen) atoms. The van der Waals surface area contributed by atoms with Gasteiger partial charge in [0.25, 0.3) is 5.91 Å². The molecular weight excluding hydrogens is 386 g/mol. The highest BCUT2D eigenvalue weighted by Gasteiger charge is 2.28. The van der Waals surface area contributed by atoms with Crippen molar-refractivity contribution in [2.75, 3.05) is 13.1 Å². The highest BCUT2D eigenvalue weighted by atomic mass is 35.5. The molecule has 5 nitrogen and oxygen atoms in total. The molecule has 3 aromatic rings. The van der Waals surface area contributed by atoms with E-state index in [1.54, 1.807) is 17.1 Å². The van der Waals surface area contributed by atoms with E-state index < -0.39 is 0 Å². The molecule has 1 aliphatic rings. The smallest absolute Gasteiger partial charge is 0.257 e. The van der Waals surface area contributed by atoms with E-state index in [0.29, 0.717) is 43.1 Å². The molecule has 2 aromatic carbocycles. The molecule has 0 spiro atoms. The van der Waals surface area contributed by atoms with E-state index in [-0.39, 0.29) is 17.6 Å². The van der Waals surface area contributed by atoms with Crippen LogP contribution in [0.1, 0.15) is 39.1 Å². The third kappa shape index (κ3) is 4.40. The highest BCUT2D eigenvalue weighted by Crippen LogP contribution is 2.23. The molecule has 0 bridgehead atoms. The van der Waals surface area contributed by atoms with Gasteiger partial charge in [0.1, 0.15) is 0 Å². The van der Waals surface area contributed by atoms with Crippen LogP contribution in [0.4, 0.5) is 0 Å². The van der Waals surface area contributed by atoms with Crippen LogP contribution < -0.4 is 0 Å². The van der Waals surface area contributed by atoms with Crippen LogP contribution in [0.5, 0.6) is 0 Å². The number of hydrogen-bond donors (Lipinski definition) is 0. The largest absolute Gasteiger partial charge is 0.339 e. The molecule has 0 saturated carbocycles. The molecule has 0 radical (unpaired) electrons. The molecule has 0 atom stereocenters. The molecule has 0 unspecified atom stereocenters. The summed E-state index contributed by atoms with van der Waals surface area (Å²) in [6.07, 6.45) is 4.73. The minimum atomic E-state index is -0.0407. The van der Waals surface area contributed by atoms with E-state index in [0.717, 1.165) is 11.1 Å². The predicted molar refractivity (Wildman–Crippen MR) is 112 cm³/mol. The van der Waals surface area contributed by atoms with Gasteiger partial charge in [-0.25, -0.2) is 0 Å². The predicted octanol–water partition coefficient (Wildman–Crippen LogP) is 4.32. The van der Waals surface area contributed by atoms with Gasteiger partial charge in [-0.05, 0) is 24.5 Å². The van der Waals surface area contributed by atoms with Gasteiger partial charge in [0.2, 0.25) is 0 Å². The van der Waals surface area contributed by atoms with Gasteiger partial charge in [-0.3, -0.25) is 14.3 Å². The Kier molecular flexibility index (Phi) is 5.76. The molecule has 148 valence electrons. The van der Waals surface area contributed by atoms with E-state index >= 15 is 0 Å². The Bertz CT molecular complexity index is 1010. The maximum absolute atomic E-state index is 12.8. The van der Waals surface area contributed by atoms with Crippen molar-refractivity contribution in [1.29, 1.82) is 0 Å². The zero-order valence-corrected chi connectivity index (χ0v) is 16.8. The maximum Gasteiger partial charge on any atom is 0.257 e. The van der Waals surface area contributed by atoms with E-state index in [9.17, 15) is 9.59 Å². The third-order valence-corrected chi connectivity index (χ3v) is 5.75. The Labute approximate surface area is 174 Å². The summed E-state index contributed by atoms with van der Waals surface area (Å²) < 4.78 is 1.72. The fourth-order valence-corrected chi connectivity index (χ4v) is 3.92. The second-order valence-electron chi connectivity index (χ2n) is 7.31. The van der Waals surface area contributed by atoms with Crippen LogP contribution in [0.3, 0.4) is 0 Å². The zero-order chi connectivity index (χ0) is 20.2. The van der Waals surface area contributed by atoms with Crippen LogP contribution in [0, 0.1) is 5.92 Å². The number of ketones is 1. The molecule has 1 saturated heterocycles. The van der Waals surface area contributed by atoms with Gasteiger partial charge in [0, 0.05) is 35.8 Å². The summed E-state index contributed by atoms with van der Waals surface area (Å²) in [5.41, 5.74) is 2.26. The van der Waals surface area contributed by atoms with E-state index in [1.807, 2.05) is 59.5 Å². The van der Waals surface area contributed by atoms with Crippen LogP contribution in [-0.2, 0) is 6.54 Å². The minimum Gasteiger partial charge on any atom is -0.339 e. The Morgan fingerprint density at radius 3 is 2.38 bits per heavy atom. The SMILES string of the molecule is O=C(c1ccccc1)C1CCN(C(=O)c2cnn(Cc3ccccc3Cl)c2)CC1. The number of carbonyl (C=O) groups excluding carboxylic acids is 2. The molecule has 1 aromatic heterocycles. The number of nitrogens with zero attached hydrogens (tertiary/aromatic N) is 3. The topological polar surface area (TPSA) is 55.2 Å². The van der Waals surface area contributed by atoms with Crippen LogP contribution in [0.15, 0.2) is 67.0 Å². The average molecular weight is 408 g/mol. The van der Waals surface area contributed by atoms with E-state index in [1.165, 1.54) is 0 Å². The molecular formula is C23H22ClN3O2. The number of benzene rings is 2. The van der Waals surface area contributed by atoms with Gasteiger partial charge in [-0.15, -0.1) is 0 Å². The van der Waals surface area contributed by atoms with Crippen molar-refractivity contribution in [3.63, 3.8) is 0 Å². The van der Waals surface area contributed by atoms with Crippen LogP contribution in [0.25, 0.3) is 0 Å². The highest BCUT2D eigenvalue weighted by molar-refractivity contribution is 6.31. The number of halogens is 1. The Hall–Kier alpha value is -2.92. The standard InChI is InChI=1S/C23H22ClN3O2/c24-21-9-5-4-8-19(21)15-27-16-20(14-25-27)23(29)26-12-10-18(11-13-26)22(28)17-6-2-1-3-7-17/h1-9,14,16,18H,10-13,15H2. The fraction of sp³-hybridized carbons (Fsp3) is 0.261. The summed E-state index contributed by atoms with van der Waals surface area (Å²) in [4.78, 5) is 27.3. The first-order valence-corrected chi connectivity index (χ1v) is 10.1. The Balaban J connectivity index is 1.36. The van der Waals surface area contributed by atoms with E-state index in [2.05, 4.69) is 5.10 Å². The number of amides is 1. The Morgan fingerprint density at radius 2 is 1.66 bits per heavy atom. The first kappa shape index (κ1) is 19.4. The molecule has 4 rings (SSSR count). The van der Waals surface area contributed by atoms with Crippen molar-refractivity contribution < 1.29 is 9.59 Å². The van der Waals surface area contributed by atoms with Crippen LogP contribution in [-0.4, -0.2) is 39.5 Å². The molecule has 1 fully saturated rings. The Morgan fingerprint density at radius 1 is 0.966 bits per heavy atom. The fourth-order valence-electron chi connectivity index (χ4n) is 3.73. The molecule has 6 heteroatoms. The van der Waals surface area contributed by atoms with Gasteiger partial charge in [-0.1, -0.05) is 60.1 Å². The summed E-state index contributed by atoms with van der Waals surface area (Å²) in [5.74, 6) is 0.107. The van der Waals surface area contributed by atoms with Crippen molar-refractivity contribution in [2.24, 2.45) is 5.92 Å². The molecule has 1 aliphatic heterocycles. The lowest BCUT2D eigenvalue weighted by Crippen LogP contribution is -2.40. The van der Waals surface area contributed by atoms with Crippen LogP contribution >= 0.6 is 11.6 Å². The lowest BCUT2D eigenvalue weighted by atomic mass is 9.89. The summed E-state index contributed by atoms with van der Waals surface area (Å²) in [6.45, 7) is 1.68. The first-order valence-electron chi connectivity index (χ1n) is 9.76. The van der Waals surface area contributed by atoms with E-state index in [4.69, 9.17) is 11.6 Å². The molecule has 2 heterocycles. The van der Waals surface area contributed by atoms with Crippen LogP contribution in [0.2, 0.25) is 5.02 Å². The van der Waals surface area contributed by atoms with Gasteiger partial charge < -0.3 is 4.90 Å². The van der Waals surface area contributed by atoms with Gasteiger partial charge in [0.05, 0.1) is 18.3 Å². The van der Waals surface area contributed by atoms with Crippen molar-refractivity contribution in [1.82, 2.24) is 14.7 Å². The average Bonchev–Trinajstić information content (AvgIpc) is 3.24. The van der Waals surface area contributed by atoms with Gasteiger partial charge >= 0.3 is 0 Å². The lowest BCUT2D eigenvalue weighted by molar-refractivity contribution is 0.0650. The summed E-state index contributed by atoms with van der Waals surface area (Å²) in [6, 6.07) is 17.0. The second-order valence-corrected chi connectivity index (χ2v) is 7.72. The zero-order valence-electron chi connectivity index (χ0n) is 16.0. The van der Waals surface area contributed by atoms with Crippen molar-refractivity contribution >= 4 is 23.3 Å². The number of hydrogen-bond acceptors (Lipinski definition) is 3. The van der Waals surface area contributed by atoms with Crippen molar-refractivity contribution in [3.05, 3.63) is 88.7 Å². The number of likely N-dealkylation sites (tertiary alicyclic amines) is 1. The lowest BCUT2D eigenvalue weighted by Gasteiger charge is -2.31. The summed E-state index contributed by atoms with van der Waals surface area (Å²) in [7, 11) is 0. The molecule has 1 amide bonds. The summed E-state index contributed by atoms with van der Waals surface area (Å²) >= 11 is 6.20. The minimum absolute atomic E-state index is 0.0237. The summed E-state index contributed by atoms with van der Waals surface area (Å²) in [5, 5.41) is 4.99. The monoisotopic (exact) mass is 407 g/mol. The molecule has 0 aliphatic carbocycles. The number of rotatable bonds is 5. The van der Waals surface area contributed by atoms with Gasteiger partial charge in [0.15, 0.2) is 5.78 Å². The van der Waals surface area contributed by atoms with Crippen molar-refractivity contribution in [3.8, 4) is 0 Å². The number of aromatic nitrogens is 2. The number of Topliss-reactive ketones (excluding diaryl/α,β-unsaturated/α-hetero) is 1. The quantitative estimate of drug-likeness (QED) is 0.592. The molecule has 0 N–H and O–H groups in total. The third-order valence-electron chi connectivity index (χ3n) is 5.38. The second kappa shape index (κ2) is 8.62. The van der Waals surface area contributed by atoms with Crippen molar-refractivity contribution in [2.45, 2.75) is 19.4 Å².